The number of hydrogen-bond donors (Lipinski definition) is 0. The second-order valence-corrected chi connectivity index (χ2v) is 16.7. The number of rotatable bonds is 45. The standard InChI is InChI=1S/C52H94O6/c1-4-7-10-13-16-19-22-24-26-28-30-33-36-39-42-45-51(54)57-48-49(47-56-50(53)44-41-38-35-32-29-21-18-15-12-9-6-3)58-52(55)46-43-40-37-34-31-27-25-23-20-17-14-11-8-5-2/h8,11,17,19-20,22,49H,4-7,9-10,12-16,18,21,23-48H2,1-3H3/b11-8-,20-17-,22-19-. The number of allylic oxidation sites excluding steroid dienone is 6. The van der Waals surface area contributed by atoms with E-state index in [1.165, 1.54) is 141 Å². The van der Waals surface area contributed by atoms with Gasteiger partial charge in [-0.25, -0.2) is 0 Å². The van der Waals surface area contributed by atoms with Crippen LogP contribution in [-0.2, 0) is 28.6 Å². The number of hydrogen-bond acceptors (Lipinski definition) is 6. The Balaban J connectivity index is 4.36. The Morgan fingerprint density at radius 1 is 0.362 bits per heavy atom. The molecule has 6 nitrogen and oxygen atoms in total. The highest BCUT2D eigenvalue weighted by atomic mass is 16.6. The van der Waals surface area contributed by atoms with Crippen LogP contribution in [0.4, 0.5) is 0 Å². The first kappa shape index (κ1) is 55.6. The molecule has 0 bridgehead atoms. The molecule has 0 fully saturated rings. The highest BCUT2D eigenvalue weighted by Crippen LogP contribution is 2.15. The van der Waals surface area contributed by atoms with E-state index in [4.69, 9.17) is 14.2 Å². The summed E-state index contributed by atoms with van der Waals surface area (Å²) in [5.74, 6) is -0.880. The topological polar surface area (TPSA) is 78.9 Å². The van der Waals surface area contributed by atoms with E-state index in [1.54, 1.807) is 0 Å². The molecule has 0 saturated carbocycles. The fourth-order valence-electron chi connectivity index (χ4n) is 7.12. The third kappa shape index (κ3) is 44.7. The molecule has 0 aliphatic heterocycles. The summed E-state index contributed by atoms with van der Waals surface area (Å²) < 4.78 is 16.8. The second-order valence-electron chi connectivity index (χ2n) is 16.7. The number of carbonyl (C=O) groups excluding carboxylic acids is 3. The Hall–Kier alpha value is -2.37. The molecule has 0 spiro atoms. The van der Waals surface area contributed by atoms with Gasteiger partial charge in [0, 0.05) is 19.3 Å². The zero-order valence-electron chi connectivity index (χ0n) is 38.6. The maximum atomic E-state index is 12.8. The normalized spacial score (nSPS) is 12.3. The van der Waals surface area contributed by atoms with Crippen molar-refractivity contribution in [1.29, 1.82) is 0 Å². The molecule has 0 saturated heterocycles. The van der Waals surface area contributed by atoms with Crippen LogP contribution in [0.1, 0.15) is 258 Å². The molecule has 0 aromatic rings. The largest absolute Gasteiger partial charge is 0.462 e. The summed E-state index contributed by atoms with van der Waals surface area (Å²) in [6.07, 6.45) is 54.1. The van der Waals surface area contributed by atoms with Crippen molar-refractivity contribution < 1.29 is 28.6 Å². The van der Waals surface area contributed by atoms with Crippen molar-refractivity contribution in [2.45, 2.75) is 264 Å². The van der Waals surface area contributed by atoms with Gasteiger partial charge in [0.05, 0.1) is 0 Å². The van der Waals surface area contributed by atoms with Crippen LogP contribution in [0.2, 0.25) is 0 Å². The summed E-state index contributed by atoms with van der Waals surface area (Å²) in [6, 6.07) is 0. The Labute approximate surface area is 359 Å². The van der Waals surface area contributed by atoms with Crippen LogP contribution < -0.4 is 0 Å². The average Bonchev–Trinajstić information content (AvgIpc) is 3.22. The minimum Gasteiger partial charge on any atom is -0.462 e. The highest BCUT2D eigenvalue weighted by Gasteiger charge is 2.19. The van der Waals surface area contributed by atoms with Crippen molar-refractivity contribution in [1.82, 2.24) is 0 Å². The quantitative estimate of drug-likeness (QED) is 0.0264. The van der Waals surface area contributed by atoms with Gasteiger partial charge in [0.1, 0.15) is 13.2 Å². The van der Waals surface area contributed by atoms with E-state index in [0.717, 1.165) is 77.0 Å². The van der Waals surface area contributed by atoms with E-state index in [9.17, 15) is 14.4 Å². The van der Waals surface area contributed by atoms with Gasteiger partial charge in [0.2, 0.25) is 0 Å². The predicted molar refractivity (Wildman–Crippen MR) is 247 cm³/mol. The highest BCUT2D eigenvalue weighted by molar-refractivity contribution is 5.71. The molecule has 0 N–H and O–H groups in total. The van der Waals surface area contributed by atoms with Crippen LogP contribution in [0.25, 0.3) is 0 Å². The molecule has 1 atom stereocenters. The SMILES string of the molecule is CC/C=C\C/C=C\CCCCCCCCCC(=O)OC(COC(=O)CCCCCCCCC/C=C\CCCCCC)COC(=O)CCCCCCCCCCCCC. The Kier molecular flexibility index (Phi) is 45.4. The molecule has 1 unspecified atom stereocenters. The number of esters is 3. The smallest absolute Gasteiger partial charge is 0.306 e. The summed E-state index contributed by atoms with van der Waals surface area (Å²) in [5.41, 5.74) is 0. The Morgan fingerprint density at radius 2 is 0.672 bits per heavy atom. The van der Waals surface area contributed by atoms with Gasteiger partial charge in [0.25, 0.3) is 0 Å². The molecule has 0 radical (unpaired) electrons. The lowest BCUT2D eigenvalue weighted by Gasteiger charge is -2.18. The van der Waals surface area contributed by atoms with E-state index in [0.29, 0.717) is 19.3 Å². The van der Waals surface area contributed by atoms with E-state index in [-0.39, 0.29) is 31.1 Å². The van der Waals surface area contributed by atoms with Crippen LogP contribution in [0.5, 0.6) is 0 Å². The summed E-state index contributed by atoms with van der Waals surface area (Å²) in [4.78, 5) is 37.9. The Bertz CT molecular complexity index is 984. The van der Waals surface area contributed by atoms with Crippen molar-refractivity contribution in [2.75, 3.05) is 13.2 Å². The average molecular weight is 815 g/mol. The fourth-order valence-corrected chi connectivity index (χ4v) is 7.12. The van der Waals surface area contributed by atoms with Crippen molar-refractivity contribution in [2.24, 2.45) is 0 Å². The minimum absolute atomic E-state index is 0.0741. The molecule has 0 aliphatic carbocycles. The van der Waals surface area contributed by atoms with Crippen molar-refractivity contribution in [3.63, 3.8) is 0 Å². The van der Waals surface area contributed by atoms with Gasteiger partial charge in [0.15, 0.2) is 6.10 Å². The summed E-state index contributed by atoms with van der Waals surface area (Å²) >= 11 is 0. The molecule has 0 rings (SSSR count). The van der Waals surface area contributed by atoms with Crippen molar-refractivity contribution in [3.8, 4) is 0 Å². The maximum Gasteiger partial charge on any atom is 0.306 e. The molecule has 0 aromatic carbocycles. The Morgan fingerprint density at radius 3 is 1.07 bits per heavy atom. The van der Waals surface area contributed by atoms with E-state index < -0.39 is 6.10 Å². The van der Waals surface area contributed by atoms with Gasteiger partial charge in [-0.05, 0) is 70.6 Å². The predicted octanol–water partition coefficient (Wildman–Crippen LogP) is 16.1. The second kappa shape index (κ2) is 47.3. The van der Waals surface area contributed by atoms with Crippen molar-refractivity contribution in [3.05, 3.63) is 36.5 Å². The first-order valence-electron chi connectivity index (χ1n) is 25.0. The van der Waals surface area contributed by atoms with Gasteiger partial charge in [-0.15, -0.1) is 0 Å². The van der Waals surface area contributed by atoms with Crippen LogP contribution in [0.3, 0.4) is 0 Å². The molecule has 0 aliphatic rings. The van der Waals surface area contributed by atoms with E-state index >= 15 is 0 Å². The number of ether oxygens (including phenoxy) is 3. The van der Waals surface area contributed by atoms with E-state index in [1.807, 2.05) is 0 Å². The lowest BCUT2D eigenvalue weighted by molar-refractivity contribution is -0.167. The summed E-state index contributed by atoms with van der Waals surface area (Å²) in [6.45, 7) is 6.52. The molecule has 0 amide bonds. The third-order valence-corrected chi connectivity index (χ3v) is 10.9. The van der Waals surface area contributed by atoms with Gasteiger partial charge in [-0.1, -0.05) is 205 Å². The first-order chi connectivity index (χ1) is 28.5. The third-order valence-electron chi connectivity index (χ3n) is 10.9. The lowest BCUT2D eigenvalue weighted by Crippen LogP contribution is -2.30. The van der Waals surface area contributed by atoms with Gasteiger partial charge in [-0.3, -0.25) is 14.4 Å². The number of carbonyl (C=O) groups is 3. The molecule has 338 valence electrons. The molecule has 0 aromatic heterocycles. The molecule has 58 heavy (non-hydrogen) atoms. The minimum atomic E-state index is -0.773. The lowest BCUT2D eigenvalue weighted by atomic mass is 10.1. The summed E-state index contributed by atoms with van der Waals surface area (Å²) in [7, 11) is 0. The molecular formula is C52H94O6. The zero-order valence-corrected chi connectivity index (χ0v) is 38.6. The molecule has 0 heterocycles. The van der Waals surface area contributed by atoms with Crippen LogP contribution in [-0.4, -0.2) is 37.2 Å². The monoisotopic (exact) mass is 815 g/mol. The molecule has 6 heteroatoms. The first-order valence-corrected chi connectivity index (χ1v) is 25.0. The van der Waals surface area contributed by atoms with Gasteiger partial charge < -0.3 is 14.2 Å². The van der Waals surface area contributed by atoms with Crippen LogP contribution in [0, 0.1) is 0 Å². The zero-order chi connectivity index (χ0) is 42.3. The van der Waals surface area contributed by atoms with Gasteiger partial charge >= 0.3 is 17.9 Å². The maximum absolute atomic E-state index is 12.8. The van der Waals surface area contributed by atoms with Crippen LogP contribution >= 0.6 is 0 Å². The van der Waals surface area contributed by atoms with Gasteiger partial charge in [-0.2, -0.15) is 0 Å². The van der Waals surface area contributed by atoms with Crippen LogP contribution in [0.15, 0.2) is 36.5 Å². The van der Waals surface area contributed by atoms with E-state index in [2.05, 4.69) is 57.2 Å². The summed E-state index contributed by atoms with van der Waals surface area (Å²) in [5, 5.41) is 0. The fraction of sp³-hybridized carbons (Fsp3) is 0.827. The van der Waals surface area contributed by atoms with Crippen molar-refractivity contribution >= 4 is 17.9 Å². The molecular weight excluding hydrogens is 721 g/mol. The number of unbranched alkanes of at least 4 members (excludes halogenated alkanes) is 28.